The van der Waals surface area contributed by atoms with Crippen LogP contribution in [0.1, 0.15) is 51.5 Å². The van der Waals surface area contributed by atoms with Crippen LogP contribution in [0.25, 0.3) is 22.6 Å². The van der Waals surface area contributed by atoms with Gasteiger partial charge in [0.05, 0.1) is 10.7 Å². The van der Waals surface area contributed by atoms with Crippen molar-refractivity contribution in [1.82, 2.24) is 10.3 Å². The molecule has 1 aromatic heterocycles. The number of halogens is 1. The lowest BCUT2D eigenvalue weighted by atomic mass is 9.98. The molecule has 1 atom stereocenters. The Morgan fingerprint density at radius 1 is 1.24 bits per heavy atom. The van der Waals surface area contributed by atoms with Gasteiger partial charge in [-0.2, -0.15) is 0 Å². The zero-order chi connectivity index (χ0) is 21.0. The van der Waals surface area contributed by atoms with Gasteiger partial charge in [-0.15, -0.1) is 0 Å². The molecule has 0 saturated carbocycles. The highest BCUT2D eigenvalue weighted by atomic mass is 35.5. The first kappa shape index (κ1) is 21.3. The number of anilines is 1. The Balaban J connectivity index is 1.85. The molecule has 0 aliphatic rings. The molecule has 0 aliphatic carbocycles. The van der Waals surface area contributed by atoms with Crippen LogP contribution in [-0.4, -0.2) is 16.0 Å². The number of amides is 1. The highest BCUT2D eigenvalue weighted by Crippen LogP contribution is 2.31. The Morgan fingerprint density at radius 2 is 2.03 bits per heavy atom. The predicted molar refractivity (Wildman–Crippen MR) is 122 cm³/mol. The molecule has 0 spiro atoms. The van der Waals surface area contributed by atoms with Crippen molar-refractivity contribution in [1.29, 1.82) is 0 Å². The first-order valence-electron chi connectivity index (χ1n) is 9.72. The number of fused-ring (bicyclic) bond motifs is 1. The zero-order valence-corrected chi connectivity index (χ0v) is 18.3. The molecule has 0 saturated heterocycles. The monoisotopic (exact) mass is 429 g/mol. The Labute approximate surface area is 180 Å². The summed E-state index contributed by atoms with van der Waals surface area (Å²) in [6.07, 6.45) is 2.23. The van der Waals surface area contributed by atoms with Gasteiger partial charge in [0.25, 0.3) is 0 Å². The van der Waals surface area contributed by atoms with Crippen molar-refractivity contribution in [2.24, 2.45) is 0 Å². The molecule has 0 aliphatic heterocycles. The second-order valence-electron chi connectivity index (χ2n) is 7.00. The van der Waals surface area contributed by atoms with E-state index >= 15 is 0 Å². The zero-order valence-electron chi connectivity index (χ0n) is 16.7. The van der Waals surface area contributed by atoms with E-state index in [2.05, 4.69) is 41.6 Å². The van der Waals surface area contributed by atoms with Crippen molar-refractivity contribution in [3.05, 3.63) is 47.0 Å². The number of hydrogen-bond acceptors (Lipinski definition) is 4. The third-order valence-corrected chi connectivity index (χ3v) is 5.32. The van der Waals surface area contributed by atoms with Crippen molar-refractivity contribution >= 4 is 51.6 Å². The van der Waals surface area contributed by atoms with E-state index in [0.29, 0.717) is 28.9 Å². The van der Waals surface area contributed by atoms with Gasteiger partial charge >= 0.3 is 0 Å². The summed E-state index contributed by atoms with van der Waals surface area (Å²) in [6.45, 7) is 6.30. The molecule has 2 aromatic carbocycles. The van der Waals surface area contributed by atoms with E-state index in [1.165, 1.54) is 5.56 Å². The van der Waals surface area contributed by atoms with Crippen molar-refractivity contribution in [2.45, 2.75) is 46.0 Å². The maximum atomic E-state index is 11.7. The molecule has 7 heteroatoms. The number of thiocarbonyl (C=S) groups is 1. The second-order valence-corrected chi connectivity index (χ2v) is 7.82. The molecule has 0 unspecified atom stereocenters. The number of benzene rings is 2. The van der Waals surface area contributed by atoms with Crippen LogP contribution in [0.3, 0.4) is 0 Å². The summed E-state index contributed by atoms with van der Waals surface area (Å²) in [6, 6.07) is 11.5. The second kappa shape index (κ2) is 9.37. The minimum Gasteiger partial charge on any atom is -0.436 e. The third kappa shape index (κ3) is 5.14. The van der Waals surface area contributed by atoms with Gasteiger partial charge in [0.2, 0.25) is 11.8 Å². The molecule has 152 valence electrons. The van der Waals surface area contributed by atoms with E-state index in [0.717, 1.165) is 29.5 Å². The maximum Gasteiger partial charge on any atom is 0.227 e. The molecule has 1 amide bonds. The Hall–Kier alpha value is -2.44. The first-order chi connectivity index (χ1) is 13.9. The Morgan fingerprint density at radius 3 is 2.76 bits per heavy atom. The normalized spacial score (nSPS) is 12.0. The van der Waals surface area contributed by atoms with Gasteiger partial charge in [0.15, 0.2) is 10.7 Å². The number of nitrogens with one attached hydrogen (secondary N) is 2. The van der Waals surface area contributed by atoms with Gasteiger partial charge in [-0.1, -0.05) is 38.4 Å². The van der Waals surface area contributed by atoms with Crippen LogP contribution in [0.4, 0.5) is 5.69 Å². The van der Waals surface area contributed by atoms with Crippen LogP contribution in [0.2, 0.25) is 5.02 Å². The van der Waals surface area contributed by atoms with Crippen LogP contribution in [0, 0.1) is 0 Å². The molecular formula is C22H24ClN3O2S. The third-order valence-electron chi connectivity index (χ3n) is 4.78. The molecule has 3 rings (SSSR count). The molecule has 29 heavy (non-hydrogen) atoms. The number of hydrogen-bond donors (Lipinski definition) is 2. The Kier molecular flexibility index (Phi) is 6.87. The van der Waals surface area contributed by atoms with Crippen LogP contribution >= 0.6 is 23.8 Å². The molecular weight excluding hydrogens is 406 g/mol. The maximum absolute atomic E-state index is 11.7. The smallest absolute Gasteiger partial charge is 0.227 e. The fraction of sp³-hybridized carbons (Fsp3) is 0.318. The van der Waals surface area contributed by atoms with Gasteiger partial charge in [-0.3, -0.25) is 4.79 Å². The van der Waals surface area contributed by atoms with Crippen molar-refractivity contribution < 1.29 is 9.21 Å². The largest absolute Gasteiger partial charge is 0.436 e. The highest BCUT2D eigenvalue weighted by molar-refractivity contribution is 7.80. The fourth-order valence-corrected chi connectivity index (χ4v) is 3.32. The van der Waals surface area contributed by atoms with E-state index < -0.39 is 0 Å². The average Bonchev–Trinajstić information content (AvgIpc) is 3.12. The van der Waals surface area contributed by atoms with Gasteiger partial charge in [-0.05, 0) is 66.9 Å². The summed E-state index contributed by atoms with van der Waals surface area (Å²) in [5.41, 5.74) is 4.14. The minimum absolute atomic E-state index is 0.131. The molecule has 0 bridgehead atoms. The van der Waals surface area contributed by atoms with E-state index in [4.69, 9.17) is 28.2 Å². The quantitative estimate of drug-likeness (QED) is 0.451. The molecule has 3 aromatic rings. The molecule has 2 N–H and O–H groups in total. The van der Waals surface area contributed by atoms with E-state index in [1.807, 2.05) is 19.1 Å². The Bertz CT molecular complexity index is 1050. The van der Waals surface area contributed by atoms with E-state index in [1.54, 1.807) is 12.1 Å². The molecule has 0 fully saturated rings. The minimum atomic E-state index is -0.131. The number of carbonyl (C=O) groups excluding carboxylic acids is 1. The summed E-state index contributed by atoms with van der Waals surface area (Å²) >= 11 is 11.5. The van der Waals surface area contributed by atoms with E-state index in [9.17, 15) is 4.79 Å². The number of rotatable bonds is 6. The molecule has 1 heterocycles. The lowest BCUT2D eigenvalue weighted by Gasteiger charge is -2.11. The summed E-state index contributed by atoms with van der Waals surface area (Å²) in [7, 11) is 0. The summed E-state index contributed by atoms with van der Waals surface area (Å²) in [5.74, 6) is 0.838. The fourth-order valence-electron chi connectivity index (χ4n) is 2.93. The average molecular weight is 430 g/mol. The van der Waals surface area contributed by atoms with Crippen LogP contribution in [-0.2, 0) is 4.79 Å². The topological polar surface area (TPSA) is 67.2 Å². The number of carbonyl (C=O) groups is 1. The standard InChI is InChI=1S/C22H24ClN3O2S/c1-4-6-20(27)26-22(29)25-17-12-15(7-9-16(17)23)21-24-18-11-14(13(3)5-2)8-10-19(18)28-21/h7-13H,4-6H2,1-3H3,(H2,25,26,27,29)/t13-/m0/s1. The molecule has 0 radical (unpaired) electrons. The van der Waals surface area contributed by atoms with Crippen LogP contribution < -0.4 is 10.6 Å². The van der Waals surface area contributed by atoms with Gasteiger partial charge in [0, 0.05) is 12.0 Å². The number of oxazole rings is 1. The van der Waals surface area contributed by atoms with Gasteiger partial charge in [0.1, 0.15) is 5.52 Å². The van der Waals surface area contributed by atoms with Crippen molar-refractivity contribution in [3.63, 3.8) is 0 Å². The lowest BCUT2D eigenvalue weighted by molar-refractivity contribution is -0.119. The molecule has 5 nitrogen and oxygen atoms in total. The van der Waals surface area contributed by atoms with Crippen LogP contribution in [0.15, 0.2) is 40.8 Å². The lowest BCUT2D eigenvalue weighted by Crippen LogP contribution is -2.33. The van der Waals surface area contributed by atoms with E-state index in [-0.39, 0.29) is 11.0 Å². The van der Waals surface area contributed by atoms with Gasteiger partial charge in [-0.25, -0.2) is 4.98 Å². The van der Waals surface area contributed by atoms with Crippen molar-refractivity contribution in [3.8, 4) is 11.5 Å². The SMILES string of the molecule is CCCC(=O)NC(=S)Nc1cc(-c2nc3cc([C@@H](C)CC)ccc3o2)ccc1Cl. The van der Waals surface area contributed by atoms with Crippen LogP contribution in [0.5, 0.6) is 0 Å². The van der Waals surface area contributed by atoms with Crippen molar-refractivity contribution in [2.75, 3.05) is 5.32 Å². The number of nitrogens with zero attached hydrogens (tertiary/aromatic N) is 1. The highest BCUT2D eigenvalue weighted by Gasteiger charge is 2.13. The van der Waals surface area contributed by atoms with Gasteiger partial charge < -0.3 is 15.1 Å². The summed E-state index contributed by atoms with van der Waals surface area (Å²) in [5, 5.41) is 6.31. The summed E-state index contributed by atoms with van der Waals surface area (Å²) < 4.78 is 5.93. The predicted octanol–water partition coefficient (Wildman–Crippen LogP) is 6.27. The first-order valence-corrected chi connectivity index (χ1v) is 10.5. The number of aromatic nitrogens is 1. The summed E-state index contributed by atoms with van der Waals surface area (Å²) in [4.78, 5) is 16.4.